The second kappa shape index (κ2) is 7.40. The molecule has 22 heavy (non-hydrogen) atoms. The second-order valence-electron chi connectivity index (χ2n) is 5.35. The van der Waals surface area contributed by atoms with E-state index in [1.165, 1.54) is 7.11 Å². The van der Waals surface area contributed by atoms with Crippen LogP contribution in [0.4, 0.5) is 0 Å². The molecule has 1 N–H and O–H groups in total. The van der Waals surface area contributed by atoms with Gasteiger partial charge < -0.3 is 10.1 Å². The number of Topliss-reactive ketones (excluding diaryl/α,β-unsaturated/α-hetero) is 1. The first kappa shape index (κ1) is 16.5. The Morgan fingerprint density at radius 2 is 2.09 bits per heavy atom. The van der Waals surface area contributed by atoms with Gasteiger partial charge in [-0.25, -0.2) is 4.79 Å². The van der Waals surface area contributed by atoms with Crippen molar-refractivity contribution >= 4 is 29.3 Å². The summed E-state index contributed by atoms with van der Waals surface area (Å²) in [5.74, 6) is -1.11. The fourth-order valence-corrected chi connectivity index (χ4v) is 2.92. The smallest absolute Gasteiger partial charge is 0.328 e. The molecule has 118 valence electrons. The van der Waals surface area contributed by atoms with Crippen LogP contribution >= 0.6 is 11.6 Å². The summed E-state index contributed by atoms with van der Waals surface area (Å²) in [6.07, 6.45) is 2.23. The van der Waals surface area contributed by atoms with Crippen molar-refractivity contribution in [3.63, 3.8) is 0 Å². The minimum absolute atomic E-state index is 0.108. The van der Waals surface area contributed by atoms with Gasteiger partial charge in [0, 0.05) is 12.8 Å². The van der Waals surface area contributed by atoms with Crippen molar-refractivity contribution in [1.82, 2.24) is 5.32 Å². The van der Waals surface area contributed by atoms with Crippen LogP contribution in [0.3, 0.4) is 0 Å². The Balaban J connectivity index is 2.16. The first-order valence-corrected chi connectivity index (χ1v) is 7.55. The average molecular weight is 324 g/mol. The molecule has 2 rings (SSSR count). The van der Waals surface area contributed by atoms with Crippen LogP contribution in [0.2, 0.25) is 5.02 Å². The summed E-state index contributed by atoms with van der Waals surface area (Å²) in [5, 5.41) is 2.97. The molecule has 1 aliphatic rings. The first-order valence-electron chi connectivity index (χ1n) is 7.18. The van der Waals surface area contributed by atoms with E-state index in [9.17, 15) is 14.4 Å². The number of hydrogen-bond donors (Lipinski definition) is 1. The van der Waals surface area contributed by atoms with Crippen LogP contribution in [0.15, 0.2) is 24.3 Å². The van der Waals surface area contributed by atoms with Crippen LogP contribution < -0.4 is 5.32 Å². The topological polar surface area (TPSA) is 72.5 Å². The summed E-state index contributed by atoms with van der Waals surface area (Å²) >= 11 is 5.99. The molecule has 1 amide bonds. The lowest BCUT2D eigenvalue weighted by atomic mass is 9.83. The largest absolute Gasteiger partial charge is 0.467 e. The fourth-order valence-electron chi connectivity index (χ4n) is 2.70. The number of ketones is 1. The summed E-state index contributed by atoms with van der Waals surface area (Å²) < 4.78 is 4.77. The van der Waals surface area contributed by atoms with E-state index in [0.29, 0.717) is 23.4 Å². The number of benzene rings is 1. The van der Waals surface area contributed by atoms with Gasteiger partial charge in [0.05, 0.1) is 17.7 Å². The molecule has 5 nitrogen and oxygen atoms in total. The molecule has 0 bridgehead atoms. The van der Waals surface area contributed by atoms with Gasteiger partial charge in [-0.05, 0) is 30.9 Å². The molecule has 6 heteroatoms. The predicted molar refractivity (Wildman–Crippen MR) is 81.7 cm³/mol. The number of nitrogens with one attached hydrogen (secondary N) is 1. The third kappa shape index (κ3) is 3.85. The molecule has 0 heterocycles. The van der Waals surface area contributed by atoms with Gasteiger partial charge >= 0.3 is 5.97 Å². The van der Waals surface area contributed by atoms with Gasteiger partial charge in [0.1, 0.15) is 11.8 Å². The van der Waals surface area contributed by atoms with Crippen molar-refractivity contribution in [2.75, 3.05) is 7.11 Å². The number of amides is 1. The zero-order chi connectivity index (χ0) is 16.1. The van der Waals surface area contributed by atoms with Gasteiger partial charge in [-0.15, -0.1) is 0 Å². The number of ether oxygens (including phenoxy) is 1. The number of rotatable bonds is 4. The van der Waals surface area contributed by atoms with Gasteiger partial charge in [0.15, 0.2) is 0 Å². The highest BCUT2D eigenvalue weighted by atomic mass is 35.5. The Labute approximate surface area is 134 Å². The standard InChI is InChI=1S/C16H18ClNO4/c1-22-16(21)14(10-5-4-6-11(19)9-10)18-15(20)12-7-2-3-8-13(12)17/h2-3,7-8,10,14H,4-6,9H2,1H3,(H,18,20)/t10-,14+/m1/s1. The third-order valence-corrected chi connectivity index (χ3v) is 4.18. The zero-order valence-corrected chi connectivity index (χ0v) is 13.1. The number of halogens is 1. The molecular weight excluding hydrogens is 306 g/mol. The van der Waals surface area contributed by atoms with Gasteiger partial charge in [0.25, 0.3) is 5.91 Å². The zero-order valence-electron chi connectivity index (χ0n) is 12.3. The Kier molecular flexibility index (Phi) is 5.55. The van der Waals surface area contributed by atoms with E-state index in [2.05, 4.69) is 5.32 Å². The Morgan fingerprint density at radius 3 is 2.73 bits per heavy atom. The molecule has 1 aliphatic carbocycles. The van der Waals surface area contributed by atoms with Crippen LogP contribution in [-0.2, 0) is 14.3 Å². The van der Waals surface area contributed by atoms with Gasteiger partial charge in [0.2, 0.25) is 0 Å². The maximum atomic E-state index is 12.3. The second-order valence-corrected chi connectivity index (χ2v) is 5.76. The summed E-state index contributed by atoms with van der Waals surface area (Å²) in [5.41, 5.74) is 0.292. The normalized spacial score (nSPS) is 19.4. The van der Waals surface area contributed by atoms with Crippen molar-refractivity contribution < 1.29 is 19.1 Å². The van der Waals surface area contributed by atoms with Crippen LogP contribution in [-0.4, -0.2) is 30.8 Å². The molecule has 0 spiro atoms. The van der Waals surface area contributed by atoms with Crippen LogP contribution in [0.5, 0.6) is 0 Å². The predicted octanol–water partition coefficient (Wildman–Crippen LogP) is 2.37. The van der Waals surface area contributed by atoms with Crippen LogP contribution in [0.25, 0.3) is 0 Å². The molecule has 0 aliphatic heterocycles. The van der Waals surface area contributed by atoms with Crippen molar-refractivity contribution in [3.8, 4) is 0 Å². The highest BCUT2D eigenvalue weighted by Crippen LogP contribution is 2.25. The molecule has 1 aromatic rings. The SMILES string of the molecule is COC(=O)[C@@H](NC(=O)c1ccccc1Cl)[C@@H]1CCCC(=O)C1. The maximum Gasteiger partial charge on any atom is 0.328 e. The minimum atomic E-state index is -0.835. The van der Waals surface area contributed by atoms with Crippen molar-refractivity contribution in [2.24, 2.45) is 5.92 Å². The number of esters is 1. The van der Waals surface area contributed by atoms with Crippen LogP contribution in [0, 0.1) is 5.92 Å². The Hall–Kier alpha value is -1.88. The minimum Gasteiger partial charge on any atom is -0.467 e. The van der Waals surface area contributed by atoms with Gasteiger partial charge in [-0.2, -0.15) is 0 Å². The molecule has 1 fully saturated rings. The number of methoxy groups -OCH3 is 1. The maximum absolute atomic E-state index is 12.3. The molecule has 1 aromatic carbocycles. The van der Waals surface area contributed by atoms with E-state index in [-0.39, 0.29) is 18.1 Å². The van der Waals surface area contributed by atoms with Crippen LogP contribution in [0.1, 0.15) is 36.0 Å². The molecule has 0 radical (unpaired) electrons. The summed E-state index contributed by atoms with van der Waals surface area (Å²) in [4.78, 5) is 35.9. The van der Waals surface area contributed by atoms with E-state index < -0.39 is 17.9 Å². The quantitative estimate of drug-likeness (QED) is 0.863. The highest BCUT2D eigenvalue weighted by Gasteiger charge is 2.34. The lowest BCUT2D eigenvalue weighted by Crippen LogP contribution is -2.48. The molecule has 1 saturated carbocycles. The first-order chi connectivity index (χ1) is 10.5. The van der Waals surface area contributed by atoms with Gasteiger partial charge in [-0.3, -0.25) is 9.59 Å². The Bertz CT molecular complexity index is 587. The molecule has 0 saturated heterocycles. The van der Waals surface area contributed by atoms with Crippen molar-refractivity contribution in [2.45, 2.75) is 31.7 Å². The third-order valence-electron chi connectivity index (χ3n) is 3.85. The summed E-state index contributed by atoms with van der Waals surface area (Å²) in [6, 6.07) is 5.76. The lowest BCUT2D eigenvalue weighted by molar-refractivity contribution is -0.145. The number of carbonyl (C=O) groups excluding carboxylic acids is 3. The average Bonchev–Trinajstić information content (AvgIpc) is 2.52. The van der Waals surface area contributed by atoms with Crippen molar-refractivity contribution in [3.05, 3.63) is 34.9 Å². The lowest BCUT2D eigenvalue weighted by Gasteiger charge is -2.28. The molecule has 0 unspecified atom stereocenters. The number of hydrogen-bond acceptors (Lipinski definition) is 4. The monoisotopic (exact) mass is 323 g/mol. The summed E-state index contributed by atoms with van der Waals surface area (Å²) in [7, 11) is 1.27. The molecule has 0 aromatic heterocycles. The van der Waals surface area contributed by atoms with E-state index >= 15 is 0 Å². The van der Waals surface area contributed by atoms with E-state index in [1.54, 1.807) is 24.3 Å². The summed E-state index contributed by atoms with van der Waals surface area (Å²) in [6.45, 7) is 0. The highest BCUT2D eigenvalue weighted by molar-refractivity contribution is 6.33. The van der Waals surface area contributed by atoms with E-state index in [4.69, 9.17) is 16.3 Å². The van der Waals surface area contributed by atoms with E-state index in [0.717, 1.165) is 6.42 Å². The van der Waals surface area contributed by atoms with E-state index in [1.807, 2.05) is 0 Å². The molecular formula is C16H18ClNO4. The number of carbonyl (C=O) groups is 3. The molecule has 2 atom stereocenters. The van der Waals surface area contributed by atoms with Crippen molar-refractivity contribution in [1.29, 1.82) is 0 Å². The van der Waals surface area contributed by atoms with Gasteiger partial charge in [-0.1, -0.05) is 23.7 Å². The fraction of sp³-hybridized carbons (Fsp3) is 0.438. The Morgan fingerprint density at radius 1 is 1.36 bits per heavy atom.